The molecule has 0 saturated carbocycles. The lowest BCUT2D eigenvalue weighted by Gasteiger charge is -2.36. The van der Waals surface area contributed by atoms with Crippen molar-refractivity contribution in [2.75, 3.05) is 20.2 Å². The highest BCUT2D eigenvalue weighted by Gasteiger charge is 2.30. The van der Waals surface area contributed by atoms with E-state index in [4.69, 9.17) is 4.74 Å². The van der Waals surface area contributed by atoms with E-state index in [0.29, 0.717) is 29.6 Å². The first-order valence-electron chi connectivity index (χ1n) is 10.1. The number of carbonyl (C=O) groups excluding carboxylic acids is 1. The Kier molecular flexibility index (Phi) is 6.28. The molecular formula is C24H31NO3. The molecule has 1 fully saturated rings. The predicted molar refractivity (Wildman–Crippen MR) is 112 cm³/mol. The second-order valence-corrected chi connectivity index (χ2v) is 8.31. The van der Waals surface area contributed by atoms with Crippen LogP contribution in [-0.4, -0.2) is 36.1 Å². The first kappa shape index (κ1) is 20.2. The third-order valence-electron chi connectivity index (χ3n) is 5.64. The van der Waals surface area contributed by atoms with Crippen molar-refractivity contribution in [3.8, 4) is 11.5 Å². The number of rotatable bonds is 5. The van der Waals surface area contributed by atoms with Crippen molar-refractivity contribution in [3.05, 3.63) is 59.2 Å². The van der Waals surface area contributed by atoms with Gasteiger partial charge in [-0.25, -0.2) is 0 Å². The van der Waals surface area contributed by atoms with E-state index in [1.807, 2.05) is 48.2 Å². The average molecular weight is 382 g/mol. The number of hydrogen-bond acceptors (Lipinski definition) is 3. The average Bonchev–Trinajstić information content (AvgIpc) is 2.65. The molecule has 0 bridgehead atoms. The van der Waals surface area contributed by atoms with Crippen molar-refractivity contribution in [3.63, 3.8) is 0 Å². The van der Waals surface area contributed by atoms with E-state index in [0.717, 1.165) is 24.2 Å². The van der Waals surface area contributed by atoms with Gasteiger partial charge in [-0.2, -0.15) is 0 Å². The van der Waals surface area contributed by atoms with Crippen LogP contribution in [0.1, 0.15) is 49.3 Å². The maximum absolute atomic E-state index is 13.2. The summed E-state index contributed by atoms with van der Waals surface area (Å²) < 4.78 is 5.59. The SMILES string of the molecule is COc1cc(C)cc(O)c1C(CC(=O)N1CC(C)CC(C)C1)c1ccccc1. The highest BCUT2D eigenvalue weighted by molar-refractivity contribution is 5.78. The summed E-state index contributed by atoms with van der Waals surface area (Å²) in [6.07, 6.45) is 1.48. The largest absolute Gasteiger partial charge is 0.507 e. The fourth-order valence-corrected chi connectivity index (χ4v) is 4.51. The van der Waals surface area contributed by atoms with Crippen LogP contribution in [0.25, 0.3) is 0 Å². The van der Waals surface area contributed by atoms with Gasteiger partial charge in [0.1, 0.15) is 11.5 Å². The molecule has 1 N–H and O–H groups in total. The van der Waals surface area contributed by atoms with Gasteiger partial charge in [-0.1, -0.05) is 44.2 Å². The lowest BCUT2D eigenvalue weighted by Crippen LogP contribution is -2.43. The molecule has 4 nitrogen and oxygen atoms in total. The number of benzene rings is 2. The number of aromatic hydroxyl groups is 1. The fraction of sp³-hybridized carbons (Fsp3) is 0.458. The number of hydrogen-bond donors (Lipinski definition) is 1. The minimum atomic E-state index is -0.253. The Hall–Kier alpha value is -2.49. The van der Waals surface area contributed by atoms with Crippen LogP contribution in [0.4, 0.5) is 0 Å². The van der Waals surface area contributed by atoms with Crippen LogP contribution >= 0.6 is 0 Å². The van der Waals surface area contributed by atoms with Crippen molar-refractivity contribution in [1.82, 2.24) is 4.90 Å². The van der Waals surface area contributed by atoms with Crippen molar-refractivity contribution in [2.24, 2.45) is 11.8 Å². The van der Waals surface area contributed by atoms with Gasteiger partial charge in [0.25, 0.3) is 0 Å². The van der Waals surface area contributed by atoms with Crippen LogP contribution in [0, 0.1) is 18.8 Å². The van der Waals surface area contributed by atoms with Gasteiger partial charge in [0.05, 0.1) is 7.11 Å². The zero-order valence-electron chi connectivity index (χ0n) is 17.3. The first-order valence-corrected chi connectivity index (χ1v) is 10.1. The molecule has 1 aliphatic rings. The molecule has 1 amide bonds. The van der Waals surface area contributed by atoms with Crippen LogP contribution in [0.3, 0.4) is 0 Å². The molecule has 0 aliphatic carbocycles. The second-order valence-electron chi connectivity index (χ2n) is 8.31. The van der Waals surface area contributed by atoms with Crippen LogP contribution in [0.15, 0.2) is 42.5 Å². The van der Waals surface area contributed by atoms with E-state index >= 15 is 0 Å². The lowest BCUT2D eigenvalue weighted by molar-refractivity contribution is -0.134. The van der Waals surface area contributed by atoms with Gasteiger partial charge in [-0.3, -0.25) is 4.79 Å². The standard InChI is InChI=1S/C24H31NO3/c1-16-11-21(26)24(22(12-16)28-4)20(19-8-6-5-7-9-19)13-23(27)25-14-17(2)10-18(3)15-25/h5-9,11-12,17-18,20,26H,10,13-15H2,1-4H3. The lowest BCUT2D eigenvalue weighted by atomic mass is 9.85. The van der Waals surface area contributed by atoms with Gasteiger partial charge >= 0.3 is 0 Å². The monoisotopic (exact) mass is 381 g/mol. The van der Waals surface area contributed by atoms with E-state index in [1.165, 1.54) is 6.42 Å². The summed E-state index contributed by atoms with van der Waals surface area (Å²) in [4.78, 5) is 15.2. The fourth-order valence-electron chi connectivity index (χ4n) is 4.51. The third-order valence-corrected chi connectivity index (χ3v) is 5.64. The number of aryl methyl sites for hydroxylation is 1. The number of phenols is 1. The van der Waals surface area contributed by atoms with E-state index in [2.05, 4.69) is 13.8 Å². The Morgan fingerprint density at radius 1 is 1.18 bits per heavy atom. The Labute approximate surface area is 168 Å². The molecule has 2 aromatic carbocycles. The highest BCUT2D eigenvalue weighted by Crippen LogP contribution is 2.41. The number of phenolic OH excluding ortho intramolecular Hbond substituents is 1. The molecule has 0 radical (unpaired) electrons. The predicted octanol–water partition coefficient (Wildman–Crippen LogP) is 4.74. The third kappa shape index (κ3) is 4.49. The molecule has 1 heterocycles. The molecule has 28 heavy (non-hydrogen) atoms. The van der Waals surface area contributed by atoms with Crippen molar-refractivity contribution >= 4 is 5.91 Å². The summed E-state index contributed by atoms with van der Waals surface area (Å²) in [6.45, 7) is 7.95. The Morgan fingerprint density at radius 3 is 2.43 bits per heavy atom. The first-order chi connectivity index (χ1) is 13.4. The van der Waals surface area contributed by atoms with Gasteiger partial charge in [0, 0.05) is 31.0 Å². The normalized spacial score (nSPS) is 20.6. The van der Waals surface area contributed by atoms with Gasteiger partial charge in [0.15, 0.2) is 0 Å². The van der Waals surface area contributed by atoms with Crippen LogP contribution in [0.2, 0.25) is 0 Å². The second kappa shape index (κ2) is 8.68. The van der Waals surface area contributed by atoms with E-state index in [9.17, 15) is 9.90 Å². The maximum Gasteiger partial charge on any atom is 0.223 e. The highest BCUT2D eigenvalue weighted by atomic mass is 16.5. The summed E-state index contributed by atoms with van der Waals surface area (Å²) in [5, 5.41) is 10.7. The van der Waals surface area contributed by atoms with Gasteiger partial charge in [0.2, 0.25) is 5.91 Å². The van der Waals surface area contributed by atoms with E-state index in [-0.39, 0.29) is 17.6 Å². The molecule has 0 aromatic heterocycles. The molecule has 1 saturated heterocycles. The topological polar surface area (TPSA) is 49.8 Å². The summed E-state index contributed by atoms with van der Waals surface area (Å²) in [5.41, 5.74) is 2.62. The van der Waals surface area contributed by atoms with Crippen LogP contribution in [-0.2, 0) is 4.79 Å². The number of methoxy groups -OCH3 is 1. The number of ether oxygens (including phenoxy) is 1. The number of likely N-dealkylation sites (tertiary alicyclic amines) is 1. The summed E-state index contributed by atoms with van der Waals surface area (Å²) >= 11 is 0. The molecule has 2 aromatic rings. The molecule has 3 rings (SSSR count). The quantitative estimate of drug-likeness (QED) is 0.814. The number of amides is 1. The Morgan fingerprint density at radius 2 is 1.82 bits per heavy atom. The molecular weight excluding hydrogens is 350 g/mol. The van der Waals surface area contributed by atoms with E-state index in [1.54, 1.807) is 13.2 Å². The van der Waals surface area contributed by atoms with Crippen molar-refractivity contribution < 1.29 is 14.6 Å². The van der Waals surface area contributed by atoms with Gasteiger partial charge in [-0.15, -0.1) is 0 Å². The molecule has 150 valence electrons. The van der Waals surface area contributed by atoms with Crippen LogP contribution in [0.5, 0.6) is 11.5 Å². The molecule has 0 spiro atoms. The minimum Gasteiger partial charge on any atom is -0.507 e. The number of carbonyl (C=O) groups is 1. The molecule has 4 heteroatoms. The van der Waals surface area contributed by atoms with Crippen molar-refractivity contribution in [1.29, 1.82) is 0 Å². The zero-order valence-corrected chi connectivity index (χ0v) is 17.3. The summed E-state index contributed by atoms with van der Waals surface area (Å²) in [7, 11) is 1.61. The molecule has 3 unspecified atom stereocenters. The van der Waals surface area contributed by atoms with Gasteiger partial charge in [-0.05, 0) is 48.4 Å². The molecule has 3 atom stereocenters. The van der Waals surface area contributed by atoms with Gasteiger partial charge < -0.3 is 14.7 Å². The Bertz CT molecular complexity index is 808. The number of nitrogens with zero attached hydrogens (tertiary/aromatic N) is 1. The van der Waals surface area contributed by atoms with Crippen LogP contribution < -0.4 is 4.74 Å². The zero-order chi connectivity index (χ0) is 20.3. The smallest absolute Gasteiger partial charge is 0.223 e. The summed E-state index contributed by atoms with van der Waals surface area (Å²) in [5.74, 6) is 1.72. The van der Waals surface area contributed by atoms with E-state index < -0.39 is 0 Å². The number of piperidine rings is 1. The van der Waals surface area contributed by atoms with Crippen molar-refractivity contribution in [2.45, 2.75) is 39.5 Å². The molecule has 1 aliphatic heterocycles. The minimum absolute atomic E-state index is 0.134. The maximum atomic E-state index is 13.2. The summed E-state index contributed by atoms with van der Waals surface area (Å²) in [6, 6.07) is 13.6. The Balaban J connectivity index is 1.97.